The first-order valence-corrected chi connectivity index (χ1v) is 14.6. The third-order valence-electron chi connectivity index (χ3n) is 7.96. The van der Waals surface area contributed by atoms with Crippen LogP contribution in [0.3, 0.4) is 0 Å². The number of ether oxygens (including phenoxy) is 4. The number of nitrogens with zero attached hydrogens (tertiary/aromatic N) is 2. The summed E-state index contributed by atoms with van der Waals surface area (Å²) in [4.78, 5) is 29.1. The van der Waals surface area contributed by atoms with Gasteiger partial charge in [-0.2, -0.15) is 0 Å². The zero-order chi connectivity index (χ0) is 31.1. The van der Waals surface area contributed by atoms with Crippen molar-refractivity contribution in [1.29, 1.82) is 0 Å². The lowest BCUT2D eigenvalue weighted by Crippen LogP contribution is -2.53. The summed E-state index contributed by atoms with van der Waals surface area (Å²) in [6, 6.07) is 13.3. The summed E-state index contributed by atoms with van der Waals surface area (Å²) in [5.74, 6) is 0.0210. The van der Waals surface area contributed by atoms with Gasteiger partial charge in [0, 0.05) is 50.0 Å². The van der Waals surface area contributed by atoms with E-state index in [1.54, 1.807) is 13.2 Å². The summed E-state index contributed by atoms with van der Waals surface area (Å²) in [5.41, 5.74) is 4.01. The molecule has 2 aliphatic heterocycles. The molecule has 0 amide bonds. The van der Waals surface area contributed by atoms with Gasteiger partial charge in [-0.15, -0.1) is 0 Å². The minimum Gasteiger partial charge on any atom is -0.493 e. The number of piperazine rings is 1. The minimum absolute atomic E-state index is 0.0541. The number of allylic oxidation sites excluding steroid dienone is 2. The van der Waals surface area contributed by atoms with Crippen molar-refractivity contribution in [1.82, 2.24) is 10.2 Å². The second-order valence-electron chi connectivity index (χ2n) is 10.6. The van der Waals surface area contributed by atoms with Crippen molar-refractivity contribution >= 4 is 29.2 Å². The summed E-state index contributed by atoms with van der Waals surface area (Å²) in [7, 11) is 4.19. The summed E-state index contributed by atoms with van der Waals surface area (Å²) in [6.45, 7) is 6.47. The van der Waals surface area contributed by atoms with E-state index >= 15 is 0 Å². The number of aliphatic hydroxyl groups is 1. The van der Waals surface area contributed by atoms with Crippen LogP contribution in [-0.2, 0) is 25.6 Å². The molecule has 0 saturated carbocycles. The number of carbonyl (C=O) groups is 2. The van der Waals surface area contributed by atoms with Gasteiger partial charge < -0.3 is 39.2 Å². The van der Waals surface area contributed by atoms with Crippen LogP contribution in [0, 0.1) is 0 Å². The van der Waals surface area contributed by atoms with Gasteiger partial charge in [0.05, 0.1) is 49.3 Å². The SMILES string of the molecule is COC(=O)C1=C(C)N(Cc2ccc(OCC(O)CC3CNCCN3c3ccccc3Cl)c(OC)c2)C(C)=C(C(=O)OC)C1. The zero-order valence-corrected chi connectivity index (χ0v) is 26.1. The predicted molar refractivity (Wildman–Crippen MR) is 164 cm³/mol. The van der Waals surface area contributed by atoms with Crippen molar-refractivity contribution in [3.05, 3.63) is 75.6 Å². The van der Waals surface area contributed by atoms with Crippen LogP contribution in [0.2, 0.25) is 5.02 Å². The molecule has 1 saturated heterocycles. The summed E-state index contributed by atoms with van der Waals surface area (Å²) < 4.78 is 21.6. The highest BCUT2D eigenvalue weighted by Crippen LogP contribution is 2.35. The van der Waals surface area contributed by atoms with E-state index in [9.17, 15) is 14.7 Å². The Kier molecular flexibility index (Phi) is 11.0. The Balaban J connectivity index is 1.46. The molecule has 2 atom stereocenters. The fraction of sp³-hybridized carbons (Fsp3) is 0.438. The van der Waals surface area contributed by atoms with E-state index in [0.29, 0.717) is 52.0 Å². The molecule has 43 heavy (non-hydrogen) atoms. The number of carbonyl (C=O) groups excluding carboxylic acids is 2. The molecular formula is C32H40ClN3O7. The van der Waals surface area contributed by atoms with Crippen molar-refractivity contribution in [2.75, 3.05) is 52.5 Å². The average Bonchev–Trinajstić information content (AvgIpc) is 3.02. The van der Waals surface area contributed by atoms with Gasteiger partial charge in [0.2, 0.25) is 0 Å². The van der Waals surface area contributed by atoms with Gasteiger partial charge >= 0.3 is 11.9 Å². The normalized spacial score (nSPS) is 18.0. The predicted octanol–water partition coefficient (Wildman–Crippen LogP) is 4.06. The number of para-hydroxylation sites is 1. The van der Waals surface area contributed by atoms with Crippen LogP contribution in [0.4, 0.5) is 5.69 Å². The number of benzene rings is 2. The maximum Gasteiger partial charge on any atom is 0.335 e. The lowest BCUT2D eigenvalue weighted by atomic mass is 9.96. The highest BCUT2D eigenvalue weighted by molar-refractivity contribution is 6.33. The second kappa shape index (κ2) is 14.6. The van der Waals surface area contributed by atoms with Gasteiger partial charge in [-0.3, -0.25) is 0 Å². The molecule has 2 heterocycles. The standard InChI is InChI=1S/C32H40ClN3O7/c1-20-25(31(38)41-4)16-26(32(39)42-5)21(2)36(20)18-22-10-11-29(30(14-22)40-3)43-19-24(37)15-23-17-34-12-13-35(23)28-9-7-6-8-27(28)33/h6-11,14,23-24,34,37H,12-13,15-19H2,1-5H3. The summed E-state index contributed by atoms with van der Waals surface area (Å²) >= 11 is 6.47. The molecule has 2 aromatic rings. The molecule has 0 aromatic heterocycles. The van der Waals surface area contributed by atoms with Gasteiger partial charge in [0.15, 0.2) is 11.5 Å². The molecule has 1 fully saturated rings. The molecule has 2 aliphatic rings. The third-order valence-corrected chi connectivity index (χ3v) is 8.28. The average molecular weight is 614 g/mol. The van der Waals surface area contributed by atoms with Crippen molar-refractivity contribution in [3.63, 3.8) is 0 Å². The monoisotopic (exact) mass is 613 g/mol. The molecule has 2 aromatic carbocycles. The van der Waals surface area contributed by atoms with E-state index in [4.69, 9.17) is 30.5 Å². The highest BCUT2D eigenvalue weighted by atomic mass is 35.5. The number of hydrogen-bond acceptors (Lipinski definition) is 10. The lowest BCUT2D eigenvalue weighted by molar-refractivity contribution is -0.137. The molecular weight excluding hydrogens is 574 g/mol. The Morgan fingerprint density at radius 2 is 1.70 bits per heavy atom. The quantitative estimate of drug-likeness (QED) is 0.360. The molecule has 4 rings (SSSR count). The van der Waals surface area contributed by atoms with Crippen LogP contribution < -0.4 is 19.7 Å². The van der Waals surface area contributed by atoms with Crippen LogP contribution in [0.1, 0.15) is 32.3 Å². The lowest BCUT2D eigenvalue weighted by Gasteiger charge is -2.39. The number of hydrogen-bond donors (Lipinski definition) is 2. The van der Waals surface area contributed by atoms with Crippen LogP contribution in [-0.4, -0.2) is 81.7 Å². The van der Waals surface area contributed by atoms with E-state index < -0.39 is 18.0 Å². The van der Waals surface area contributed by atoms with E-state index in [1.165, 1.54) is 14.2 Å². The first kappa shape index (κ1) is 32.2. The maximum absolute atomic E-state index is 12.5. The first-order chi connectivity index (χ1) is 20.7. The van der Waals surface area contributed by atoms with Crippen LogP contribution >= 0.6 is 11.6 Å². The van der Waals surface area contributed by atoms with Crippen LogP contribution in [0.5, 0.6) is 11.5 Å². The number of aliphatic hydroxyl groups excluding tert-OH is 1. The number of methoxy groups -OCH3 is 3. The summed E-state index contributed by atoms with van der Waals surface area (Å²) in [5, 5.41) is 15.0. The molecule has 2 N–H and O–H groups in total. The van der Waals surface area contributed by atoms with E-state index in [-0.39, 0.29) is 19.1 Å². The van der Waals surface area contributed by atoms with Gasteiger partial charge in [0.25, 0.3) is 0 Å². The minimum atomic E-state index is -0.721. The number of halogens is 1. The molecule has 11 heteroatoms. The number of rotatable bonds is 11. The Labute approximate surface area is 257 Å². The largest absolute Gasteiger partial charge is 0.493 e. The molecule has 2 unspecified atom stereocenters. The zero-order valence-electron chi connectivity index (χ0n) is 25.3. The van der Waals surface area contributed by atoms with Crippen molar-refractivity contribution in [3.8, 4) is 11.5 Å². The molecule has 0 aliphatic carbocycles. The van der Waals surface area contributed by atoms with E-state index in [1.807, 2.05) is 55.1 Å². The Hall–Kier alpha value is -3.73. The van der Waals surface area contributed by atoms with Gasteiger partial charge in [-0.05, 0) is 50.1 Å². The molecule has 232 valence electrons. The highest BCUT2D eigenvalue weighted by Gasteiger charge is 2.31. The fourth-order valence-corrected chi connectivity index (χ4v) is 5.83. The molecule has 10 nitrogen and oxygen atoms in total. The maximum atomic E-state index is 12.5. The molecule has 0 spiro atoms. The smallest absolute Gasteiger partial charge is 0.335 e. The summed E-state index contributed by atoms with van der Waals surface area (Å²) in [6.07, 6.45) is -0.0869. The Morgan fingerprint density at radius 1 is 1.02 bits per heavy atom. The van der Waals surface area contributed by atoms with Gasteiger partial charge in [0.1, 0.15) is 6.61 Å². The topological polar surface area (TPSA) is 110 Å². The molecule has 0 radical (unpaired) electrons. The van der Waals surface area contributed by atoms with Crippen LogP contribution in [0.25, 0.3) is 0 Å². The second-order valence-corrected chi connectivity index (χ2v) is 11.0. The van der Waals surface area contributed by atoms with E-state index in [2.05, 4.69) is 10.2 Å². The van der Waals surface area contributed by atoms with Gasteiger partial charge in [-0.25, -0.2) is 9.59 Å². The van der Waals surface area contributed by atoms with Crippen LogP contribution in [0.15, 0.2) is 65.0 Å². The fourth-order valence-electron chi connectivity index (χ4n) is 5.59. The number of esters is 2. The Bertz CT molecular complexity index is 1350. The van der Waals surface area contributed by atoms with Crippen molar-refractivity contribution < 1.29 is 33.6 Å². The molecule has 0 bridgehead atoms. The first-order valence-electron chi connectivity index (χ1n) is 14.2. The third kappa shape index (κ3) is 7.44. The van der Waals surface area contributed by atoms with E-state index in [0.717, 1.165) is 30.9 Å². The Morgan fingerprint density at radius 3 is 2.33 bits per heavy atom. The van der Waals surface area contributed by atoms with Crippen molar-refractivity contribution in [2.45, 2.75) is 45.4 Å². The number of nitrogens with one attached hydrogen (secondary N) is 1. The number of anilines is 1. The van der Waals surface area contributed by atoms with Crippen molar-refractivity contribution in [2.24, 2.45) is 0 Å². The van der Waals surface area contributed by atoms with Gasteiger partial charge in [-0.1, -0.05) is 29.8 Å².